The van der Waals surface area contributed by atoms with Crippen molar-refractivity contribution in [2.75, 3.05) is 17.7 Å². The van der Waals surface area contributed by atoms with E-state index in [4.69, 9.17) is 10.5 Å². The van der Waals surface area contributed by atoms with Gasteiger partial charge in [-0.15, -0.1) is 0 Å². The third-order valence-corrected chi connectivity index (χ3v) is 6.13. The fourth-order valence-corrected chi connectivity index (χ4v) is 4.91. The van der Waals surface area contributed by atoms with Gasteiger partial charge in [0, 0.05) is 11.3 Å². The van der Waals surface area contributed by atoms with Gasteiger partial charge < -0.3 is 15.4 Å². The van der Waals surface area contributed by atoms with Crippen LogP contribution in [0.2, 0.25) is 0 Å². The van der Waals surface area contributed by atoms with Crippen LogP contribution < -0.4 is 21.1 Å². The Kier molecular flexibility index (Phi) is 5.22. The Morgan fingerprint density at radius 2 is 1.84 bits per heavy atom. The first-order valence-electron chi connectivity index (χ1n) is 9.32. The quantitative estimate of drug-likeness (QED) is 0.477. The molecule has 6 nitrogen and oxygen atoms in total. The second kappa shape index (κ2) is 7.61. The first kappa shape index (κ1) is 21.3. The van der Waals surface area contributed by atoms with Crippen LogP contribution in [0.15, 0.2) is 47.8 Å². The van der Waals surface area contributed by atoms with Crippen molar-refractivity contribution in [3.05, 3.63) is 65.0 Å². The lowest BCUT2D eigenvalue weighted by molar-refractivity contribution is -0.138. The molecule has 0 saturated carbocycles. The molecular formula is C21H20F3N5OS. The Bertz CT molecular complexity index is 1130. The molecule has 0 saturated heterocycles. The molecule has 4 rings (SSSR count). The molecule has 162 valence electrons. The van der Waals surface area contributed by atoms with Crippen molar-refractivity contribution in [1.82, 2.24) is 9.97 Å². The minimum absolute atomic E-state index is 0.211. The molecule has 0 spiro atoms. The molecule has 31 heavy (non-hydrogen) atoms. The molecule has 2 heterocycles. The van der Waals surface area contributed by atoms with Crippen molar-refractivity contribution in [2.24, 2.45) is 5.73 Å². The summed E-state index contributed by atoms with van der Waals surface area (Å²) in [6, 6.07) is 9.65. The maximum atomic E-state index is 13.4. The average molecular weight is 447 g/mol. The number of aromatic nitrogens is 2. The van der Waals surface area contributed by atoms with Crippen molar-refractivity contribution < 1.29 is 17.9 Å². The van der Waals surface area contributed by atoms with Gasteiger partial charge in [0.25, 0.3) is 0 Å². The second-order valence-electron chi connectivity index (χ2n) is 7.17. The van der Waals surface area contributed by atoms with Crippen LogP contribution in [-0.4, -0.2) is 17.1 Å². The zero-order valence-corrected chi connectivity index (χ0v) is 17.8. The van der Waals surface area contributed by atoms with E-state index >= 15 is 0 Å². The normalized spacial score (nSPS) is 17.8. The number of nitrogens with two attached hydrogens (primary N) is 1. The van der Waals surface area contributed by atoms with Gasteiger partial charge in [-0.05, 0) is 43.2 Å². The zero-order valence-electron chi connectivity index (χ0n) is 17.0. The molecule has 3 aromatic rings. The fourth-order valence-electron chi connectivity index (χ4n) is 3.68. The number of hydrogen-bond donors (Lipinski definition) is 3. The summed E-state index contributed by atoms with van der Waals surface area (Å²) in [6.45, 7) is 3.95. The SMILES string of the molecule is COc1ccc(Nc2ncnc3c2NC(N)(c2c(C)cccc2C)S3)cc1C(F)(F)F. The smallest absolute Gasteiger partial charge is 0.420 e. The highest BCUT2D eigenvalue weighted by Crippen LogP contribution is 2.50. The monoisotopic (exact) mass is 447 g/mol. The molecule has 0 aliphatic carbocycles. The number of rotatable bonds is 4. The van der Waals surface area contributed by atoms with Crippen LogP contribution in [0.25, 0.3) is 0 Å². The van der Waals surface area contributed by atoms with Crippen LogP contribution in [0.4, 0.5) is 30.4 Å². The van der Waals surface area contributed by atoms with Crippen molar-refractivity contribution in [3.63, 3.8) is 0 Å². The number of halogens is 3. The van der Waals surface area contributed by atoms with Gasteiger partial charge in [-0.25, -0.2) is 9.97 Å². The Balaban J connectivity index is 1.70. The number of hydrogen-bond acceptors (Lipinski definition) is 7. The van der Waals surface area contributed by atoms with E-state index in [0.29, 0.717) is 16.5 Å². The van der Waals surface area contributed by atoms with Crippen LogP contribution in [0.1, 0.15) is 22.3 Å². The number of anilines is 3. The van der Waals surface area contributed by atoms with E-state index in [0.717, 1.165) is 22.8 Å². The Morgan fingerprint density at radius 1 is 1.13 bits per heavy atom. The van der Waals surface area contributed by atoms with Crippen molar-refractivity contribution in [2.45, 2.75) is 30.0 Å². The molecule has 1 unspecified atom stereocenters. The Morgan fingerprint density at radius 3 is 2.48 bits per heavy atom. The van der Waals surface area contributed by atoms with Gasteiger partial charge in [-0.3, -0.25) is 5.73 Å². The van der Waals surface area contributed by atoms with E-state index in [2.05, 4.69) is 20.6 Å². The number of alkyl halides is 3. The predicted molar refractivity (Wildman–Crippen MR) is 115 cm³/mol. The second-order valence-corrected chi connectivity index (χ2v) is 8.40. The maximum absolute atomic E-state index is 13.4. The molecule has 10 heteroatoms. The molecule has 2 aromatic carbocycles. The van der Waals surface area contributed by atoms with Gasteiger partial charge in [0.05, 0.1) is 12.7 Å². The molecule has 4 N–H and O–H groups in total. The number of benzene rings is 2. The Hall–Kier alpha value is -2.98. The summed E-state index contributed by atoms with van der Waals surface area (Å²) in [4.78, 5) is 7.53. The van der Waals surface area contributed by atoms with Crippen LogP contribution in [0, 0.1) is 13.8 Å². The van der Waals surface area contributed by atoms with E-state index in [1.807, 2.05) is 32.0 Å². The first-order valence-corrected chi connectivity index (χ1v) is 10.1. The van der Waals surface area contributed by atoms with E-state index < -0.39 is 16.7 Å². The van der Waals surface area contributed by atoms with Gasteiger partial charge in [-0.1, -0.05) is 30.0 Å². The summed E-state index contributed by atoms with van der Waals surface area (Å²) < 4.78 is 45.0. The minimum Gasteiger partial charge on any atom is -0.496 e. The first-order chi connectivity index (χ1) is 14.6. The Labute approximate surface area is 181 Å². The van der Waals surface area contributed by atoms with Gasteiger partial charge >= 0.3 is 6.18 Å². The van der Waals surface area contributed by atoms with Gasteiger partial charge in [0.15, 0.2) is 10.8 Å². The van der Waals surface area contributed by atoms with Gasteiger partial charge in [0.1, 0.15) is 22.8 Å². The van der Waals surface area contributed by atoms with Crippen molar-refractivity contribution >= 4 is 29.0 Å². The highest BCUT2D eigenvalue weighted by atomic mass is 32.2. The fraction of sp³-hybridized carbons (Fsp3) is 0.238. The van der Waals surface area contributed by atoms with Crippen molar-refractivity contribution in [3.8, 4) is 5.75 Å². The standard InChI is InChI=1S/C21H20F3N5OS/c1-11-5-4-6-12(2)16(11)21(25)29-17-18(26-10-27-19(17)31-21)28-13-7-8-15(30-3)14(9-13)20(22,23)24/h4-10,29H,25H2,1-3H3,(H,26,27,28). The number of fused-ring (bicyclic) bond motifs is 1. The van der Waals surface area contributed by atoms with E-state index in [1.54, 1.807) is 0 Å². The summed E-state index contributed by atoms with van der Waals surface area (Å²) in [5, 5.41) is 6.82. The lowest BCUT2D eigenvalue weighted by Crippen LogP contribution is -2.39. The molecule has 0 amide bonds. The number of ether oxygens (including phenoxy) is 1. The lowest BCUT2D eigenvalue weighted by atomic mass is 10.00. The van der Waals surface area contributed by atoms with E-state index in [-0.39, 0.29) is 11.4 Å². The summed E-state index contributed by atoms with van der Waals surface area (Å²) in [5.74, 6) is 0.0741. The zero-order chi connectivity index (χ0) is 22.4. The number of thioether (sulfide) groups is 1. The molecule has 1 atom stereocenters. The number of aryl methyl sites for hydroxylation is 2. The third kappa shape index (κ3) is 3.88. The predicted octanol–water partition coefficient (Wildman–Crippen LogP) is 5.15. The number of nitrogens with zero attached hydrogens (tertiary/aromatic N) is 2. The summed E-state index contributed by atoms with van der Waals surface area (Å²) in [7, 11) is 1.20. The van der Waals surface area contributed by atoms with Crippen LogP contribution >= 0.6 is 11.8 Å². The summed E-state index contributed by atoms with van der Waals surface area (Å²) >= 11 is 1.33. The average Bonchev–Trinajstić information content (AvgIpc) is 3.05. The lowest BCUT2D eigenvalue weighted by Gasteiger charge is -2.28. The molecule has 0 fully saturated rings. The number of nitrogens with one attached hydrogen (secondary N) is 2. The van der Waals surface area contributed by atoms with Gasteiger partial charge in [-0.2, -0.15) is 13.2 Å². The molecule has 1 aliphatic heterocycles. The van der Waals surface area contributed by atoms with Crippen LogP contribution in [0.5, 0.6) is 5.75 Å². The van der Waals surface area contributed by atoms with E-state index in [1.165, 1.54) is 37.3 Å². The summed E-state index contributed by atoms with van der Waals surface area (Å²) in [6.07, 6.45) is -3.21. The highest BCUT2D eigenvalue weighted by Gasteiger charge is 2.40. The van der Waals surface area contributed by atoms with Gasteiger partial charge in [0.2, 0.25) is 0 Å². The summed E-state index contributed by atoms with van der Waals surface area (Å²) in [5.41, 5.74) is 9.52. The highest BCUT2D eigenvalue weighted by molar-refractivity contribution is 8.00. The minimum atomic E-state index is -4.56. The van der Waals surface area contributed by atoms with E-state index in [9.17, 15) is 13.2 Å². The number of methoxy groups -OCH3 is 1. The third-order valence-electron chi connectivity index (χ3n) is 5.00. The molecular weight excluding hydrogens is 427 g/mol. The van der Waals surface area contributed by atoms with Crippen LogP contribution in [0.3, 0.4) is 0 Å². The van der Waals surface area contributed by atoms with Crippen molar-refractivity contribution in [1.29, 1.82) is 0 Å². The van der Waals surface area contributed by atoms with Crippen LogP contribution in [-0.2, 0) is 11.2 Å². The molecule has 1 aromatic heterocycles. The maximum Gasteiger partial charge on any atom is 0.420 e. The topological polar surface area (TPSA) is 85.1 Å². The molecule has 1 aliphatic rings. The largest absolute Gasteiger partial charge is 0.496 e. The molecule has 0 bridgehead atoms. The molecule has 0 radical (unpaired) electrons.